The molecular weight excluding hydrogens is 429 g/mol. The highest BCUT2D eigenvalue weighted by Gasteiger charge is 2.21. The Labute approximate surface area is 166 Å². The molecule has 0 aromatic heterocycles. The van der Waals surface area contributed by atoms with Crippen molar-refractivity contribution in [2.45, 2.75) is 32.3 Å². The van der Waals surface area contributed by atoms with Crippen LogP contribution in [0.1, 0.15) is 26.7 Å². The summed E-state index contributed by atoms with van der Waals surface area (Å²) in [5.41, 5.74) is 5.89. The van der Waals surface area contributed by atoms with E-state index < -0.39 is 5.60 Å². The van der Waals surface area contributed by atoms with E-state index in [0.29, 0.717) is 18.6 Å². The molecule has 2 aromatic rings. The summed E-state index contributed by atoms with van der Waals surface area (Å²) >= 11 is 0. The molecule has 0 bridgehead atoms. The summed E-state index contributed by atoms with van der Waals surface area (Å²) in [7, 11) is 0. The van der Waals surface area contributed by atoms with Crippen molar-refractivity contribution in [3.8, 4) is 11.5 Å². The zero-order chi connectivity index (χ0) is 17.4. The number of ether oxygens (including phenoxy) is 1. The van der Waals surface area contributed by atoms with Crippen molar-refractivity contribution in [3.63, 3.8) is 0 Å². The summed E-state index contributed by atoms with van der Waals surface area (Å²) in [5.74, 6) is 1.75. The minimum absolute atomic E-state index is 0. The van der Waals surface area contributed by atoms with Crippen molar-refractivity contribution in [1.29, 1.82) is 0 Å². The summed E-state index contributed by atoms with van der Waals surface area (Å²) in [6.07, 6.45) is 1.28. The number of halogens is 1. The van der Waals surface area contributed by atoms with Crippen molar-refractivity contribution in [2.24, 2.45) is 10.7 Å². The van der Waals surface area contributed by atoms with Crippen molar-refractivity contribution in [1.82, 2.24) is 0 Å². The van der Waals surface area contributed by atoms with E-state index in [4.69, 9.17) is 10.5 Å². The van der Waals surface area contributed by atoms with Gasteiger partial charge in [0.2, 0.25) is 0 Å². The number of aliphatic imine (C=N–C) groups is 1. The molecule has 2 aromatic carbocycles. The number of anilines is 1. The number of aliphatic hydroxyl groups is 1. The Hall–Kier alpha value is -1.80. The smallest absolute Gasteiger partial charge is 0.193 e. The van der Waals surface area contributed by atoms with Gasteiger partial charge in [-0.2, -0.15) is 0 Å². The Bertz CT molecular complexity index is 673. The van der Waals surface area contributed by atoms with Gasteiger partial charge < -0.3 is 20.9 Å². The zero-order valence-corrected chi connectivity index (χ0v) is 16.9. The van der Waals surface area contributed by atoms with Crippen LogP contribution in [0.3, 0.4) is 0 Å². The van der Waals surface area contributed by atoms with E-state index in [1.54, 1.807) is 0 Å². The van der Waals surface area contributed by atoms with Crippen molar-refractivity contribution < 1.29 is 9.84 Å². The van der Waals surface area contributed by atoms with Gasteiger partial charge in [0.1, 0.15) is 11.5 Å². The van der Waals surface area contributed by atoms with Crippen LogP contribution in [0, 0.1) is 0 Å². The van der Waals surface area contributed by atoms with Gasteiger partial charge in [-0.05, 0) is 37.1 Å². The van der Waals surface area contributed by atoms with Gasteiger partial charge >= 0.3 is 0 Å². The minimum atomic E-state index is -0.801. The number of para-hydroxylation sites is 1. The number of benzene rings is 2. The molecule has 0 aliphatic heterocycles. The van der Waals surface area contributed by atoms with E-state index in [2.05, 4.69) is 10.3 Å². The summed E-state index contributed by atoms with van der Waals surface area (Å²) in [5, 5.41) is 13.3. The molecule has 25 heavy (non-hydrogen) atoms. The number of nitrogens with two attached hydrogens (primary N) is 1. The molecule has 0 saturated heterocycles. The highest BCUT2D eigenvalue weighted by Crippen LogP contribution is 2.23. The molecule has 0 amide bonds. The van der Waals surface area contributed by atoms with E-state index in [1.165, 1.54) is 0 Å². The molecule has 0 spiro atoms. The van der Waals surface area contributed by atoms with Gasteiger partial charge in [0.25, 0.3) is 0 Å². The molecular formula is C19H26IN3O2. The average molecular weight is 455 g/mol. The molecule has 5 nitrogen and oxygen atoms in total. The quantitative estimate of drug-likeness (QED) is 0.329. The monoisotopic (exact) mass is 455 g/mol. The Kier molecular flexibility index (Phi) is 8.71. The van der Waals surface area contributed by atoms with Crippen molar-refractivity contribution >= 4 is 35.6 Å². The molecule has 0 aliphatic carbocycles. The van der Waals surface area contributed by atoms with Crippen LogP contribution < -0.4 is 15.8 Å². The van der Waals surface area contributed by atoms with Crippen molar-refractivity contribution in [3.05, 3.63) is 54.6 Å². The fourth-order valence-corrected chi connectivity index (χ4v) is 2.16. The van der Waals surface area contributed by atoms with Crippen LogP contribution >= 0.6 is 24.0 Å². The lowest BCUT2D eigenvalue weighted by Gasteiger charge is -2.22. The lowest BCUT2D eigenvalue weighted by atomic mass is 9.98. The Balaban J connectivity index is 0.00000312. The van der Waals surface area contributed by atoms with Gasteiger partial charge in [0.05, 0.1) is 12.1 Å². The number of nitrogens with zero attached hydrogens (tertiary/aromatic N) is 1. The SMILES string of the molecule is CCC(O)(CC)CN=C(N)Nc1cccc(Oc2ccccc2)c1.I. The zero-order valence-electron chi connectivity index (χ0n) is 14.6. The lowest BCUT2D eigenvalue weighted by Crippen LogP contribution is -2.33. The van der Waals surface area contributed by atoms with Crippen LogP contribution in [0.2, 0.25) is 0 Å². The van der Waals surface area contributed by atoms with Gasteiger partial charge in [-0.15, -0.1) is 24.0 Å². The second kappa shape index (κ2) is 10.2. The molecule has 2 rings (SSSR count). The first-order valence-electron chi connectivity index (χ1n) is 8.17. The number of guanidine groups is 1. The molecule has 0 fully saturated rings. The second-order valence-electron chi connectivity index (χ2n) is 5.70. The predicted molar refractivity (Wildman–Crippen MR) is 114 cm³/mol. The first-order chi connectivity index (χ1) is 11.5. The van der Waals surface area contributed by atoms with Gasteiger partial charge in [-0.1, -0.05) is 38.1 Å². The van der Waals surface area contributed by atoms with Gasteiger partial charge in [0.15, 0.2) is 5.96 Å². The van der Waals surface area contributed by atoms with E-state index in [-0.39, 0.29) is 36.5 Å². The lowest BCUT2D eigenvalue weighted by molar-refractivity contribution is 0.0419. The molecule has 0 saturated carbocycles. The molecule has 0 unspecified atom stereocenters. The number of hydrogen-bond acceptors (Lipinski definition) is 3. The van der Waals surface area contributed by atoms with Gasteiger partial charge in [0, 0.05) is 11.8 Å². The number of hydrogen-bond donors (Lipinski definition) is 3. The second-order valence-corrected chi connectivity index (χ2v) is 5.70. The third-order valence-electron chi connectivity index (χ3n) is 3.95. The normalized spacial score (nSPS) is 11.6. The molecule has 6 heteroatoms. The van der Waals surface area contributed by atoms with Crippen LogP contribution in [0.4, 0.5) is 5.69 Å². The summed E-state index contributed by atoms with van der Waals surface area (Å²) in [4.78, 5) is 4.24. The van der Waals surface area contributed by atoms with E-state index in [0.717, 1.165) is 11.4 Å². The van der Waals surface area contributed by atoms with Crippen LogP contribution in [-0.2, 0) is 0 Å². The first-order valence-corrected chi connectivity index (χ1v) is 8.17. The highest BCUT2D eigenvalue weighted by molar-refractivity contribution is 14.0. The van der Waals surface area contributed by atoms with E-state index >= 15 is 0 Å². The fraction of sp³-hybridized carbons (Fsp3) is 0.316. The van der Waals surface area contributed by atoms with Gasteiger partial charge in [-0.3, -0.25) is 4.99 Å². The maximum absolute atomic E-state index is 10.2. The minimum Gasteiger partial charge on any atom is -0.457 e. The van der Waals surface area contributed by atoms with Crippen LogP contribution in [0.15, 0.2) is 59.6 Å². The third kappa shape index (κ3) is 6.91. The number of rotatable bonds is 7. The van der Waals surface area contributed by atoms with Crippen molar-refractivity contribution in [2.75, 3.05) is 11.9 Å². The first kappa shape index (κ1) is 21.2. The molecule has 4 N–H and O–H groups in total. The molecule has 0 atom stereocenters. The highest BCUT2D eigenvalue weighted by atomic mass is 127. The number of nitrogens with one attached hydrogen (secondary N) is 1. The summed E-state index contributed by atoms with van der Waals surface area (Å²) in [6, 6.07) is 17.1. The maximum Gasteiger partial charge on any atom is 0.193 e. The molecule has 136 valence electrons. The standard InChI is InChI=1S/C19H25N3O2.HI/c1-3-19(23,4-2)14-21-18(20)22-15-9-8-12-17(13-15)24-16-10-6-5-7-11-16;/h5-13,23H,3-4,14H2,1-2H3,(H3,20,21,22);1H. The average Bonchev–Trinajstić information content (AvgIpc) is 2.61. The summed E-state index contributed by atoms with van der Waals surface area (Å²) in [6.45, 7) is 4.15. The van der Waals surface area contributed by atoms with E-state index in [9.17, 15) is 5.11 Å². The van der Waals surface area contributed by atoms with Crippen LogP contribution in [0.5, 0.6) is 11.5 Å². The summed E-state index contributed by atoms with van der Waals surface area (Å²) < 4.78 is 5.79. The van der Waals surface area contributed by atoms with Crippen LogP contribution in [-0.4, -0.2) is 23.2 Å². The topological polar surface area (TPSA) is 79.9 Å². The van der Waals surface area contributed by atoms with Crippen LogP contribution in [0.25, 0.3) is 0 Å². The maximum atomic E-state index is 10.2. The Morgan fingerprint density at radius 2 is 1.72 bits per heavy atom. The van der Waals surface area contributed by atoms with Gasteiger partial charge in [-0.25, -0.2) is 0 Å². The largest absolute Gasteiger partial charge is 0.457 e. The Morgan fingerprint density at radius 1 is 1.08 bits per heavy atom. The molecule has 0 heterocycles. The Morgan fingerprint density at radius 3 is 2.36 bits per heavy atom. The fourth-order valence-electron chi connectivity index (χ4n) is 2.16. The molecule has 0 radical (unpaired) electrons. The third-order valence-corrected chi connectivity index (χ3v) is 3.95. The predicted octanol–water partition coefficient (Wildman–Crippen LogP) is 4.37. The van der Waals surface area contributed by atoms with E-state index in [1.807, 2.05) is 68.4 Å². The molecule has 0 aliphatic rings.